The summed E-state index contributed by atoms with van der Waals surface area (Å²) in [5.41, 5.74) is 0. The van der Waals surface area contributed by atoms with E-state index < -0.39 is 7.82 Å². The van der Waals surface area contributed by atoms with E-state index in [-0.39, 0.29) is 0 Å². The van der Waals surface area contributed by atoms with E-state index in [1.807, 2.05) is 0 Å². The monoisotopic (exact) mass is 863 g/mol. The average Bonchev–Trinajstić information content (AvgIpc) is 3.22. The summed E-state index contributed by atoms with van der Waals surface area (Å²) in [7, 11) is -5.39. The van der Waals surface area contributed by atoms with E-state index in [0.29, 0.717) is 0 Å². The fourth-order valence-corrected chi connectivity index (χ4v) is 7.93. The molecular formula is C50H111N4O4P. The third kappa shape index (κ3) is 50.0. The fraction of sp³-hybridized carbons (Fsp3) is 0.980. The highest BCUT2D eigenvalue weighted by Gasteiger charge is 2.26. The molecule has 0 rings (SSSR count). The zero-order chi connectivity index (χ0) is 46.2. The van der Waals surface area contributed by atoms with Crippen LogP contribution in [0.4, 0.5) is 0 Å². The van der Waals surface area contributed by atoms with E-state index in [1.54, 1.807) is 6.07 Å². The molecule has 0 aromatic carbocycles. The molecule has 0 atom stereocenters. The van der Waals surface area contributed by atoms with Gasteiger partial charge in [0, 0.05) is 6.92 Å². The van der Waals surface area contributed by atoms with Crippen molar-refractivity contribution in [3.8, 4) is 6.07 Å². The van der Waals surface area contributed by atoms with Gasteiger partial charge in [-0.05, 0) is 77.0 Å². The van der Waals surface area contributed by atoms with Gasteiger partial charge in [0.15, 0.2) is 0 Å². The van der Waals surface area contributed by atoms with E-state index in [0.717, 1.165) is 0 Å². The highest BCUT2D eigenvalue weighted by atomic mass is 31.2. The molecule has 9 heteroatoms. The summed E-state index contributed by atoms with van der Waals surface area (Å²) in [6.07, 6.45) is 33.2. The van der Waals surface area contributed by atoms with Gasteiger partial charge >= 0.3 is 0 Å². The van der Waals surface area contributed by atoms with Crippen molar-refractivity contribution in [1.29, 1.82) is 5.26 Å². The summed E-state index contributed by atoms with van der Waals surface area (Å²) in [5, 5.41) is 7.32. The lowest BCUT2D eigenvalue weighted by molar-refractivity contribution is -0.929. The maximum Gasteiger partial charge on any atom is 0.0786 e. The van der Waals surface area contributed by atoms with Gasteiger partial charge < -0.3 is 32.7 Å². The van der Waals surface area contributed by atoms with Crippen LogP contribution in [0, 0.1) is 11.3 Å². The van der Waals surface area contributed by atoms with Crippen LogP contribution in [-0.4, -0.2) is 92.0 Å². The zero-order valence-corrected chi connectivity index (χ0v) is 43.7. The summed E-state index contributed by atoms with van der Waals surface area (Å²) < 4.78 is 12.8. The molecule has 59 heavy (non-hydrogen) atoms. The van der Waals surface area contributed by atoms with Crippen LogP contribution >= 0.6 is 7.82 Å². The largest absolute Gasteiger partial charge is 0.822 e. The van der Waals surface area contributed by atoms with Crippen LogP contribution in [0.15, 0.2) is 0 Å². The summed E-state index contributed by atoms with van der Waals surface area (Å²) in [4.78, 5) is 25.6. The standard InChI is InChI=1S/3C16H36N.C2H3N.H3O4P/c3*1-5-9-13-17(14-10-6-2,15-11-7-3)16-12-8-4;1-2-3;1-5(2,3)4/h3*5-16H2,1-4H3;1H3;(H3,1,2,3,4)/q3*+1;;/p-3. The summed E-state index contributed by atoms with van der Waals surface area (Å²) in [6, 6.07) is 1.75. The van der Waals surface area contributed by atoms with Crippen molar-refractivity contribution in [1.82, 2.24) is 0 Å². The molecule has 0 aromatic heterocycles. The Morgan fingerprint density at radius 1 is 0.322 bits per heavy atom. The Bertz CT molecular complexity index is 673. The van der Waals surface area contributed by atoms with Crippen molar-refractivity contribution in [2.45, 2.75) is 244 Å². The maximum atomic E-state index is 8.55. The van der Waals surface area contributed by atoms with E-state index in [2.05, 4.69) is 83.1 Å². The van der Waals surface area contributed by atoms with Gasteiger partial charge in [-0.3, -0.25) is 0 Å². The summed E-state index contributed by atoms with van der Waals surface area (Å²) in [6.45, 7) is 46.5. The highest BCUT2D eigenvalue weighted by molar-refractivity contribution is 7.40. The molecule has 0 spiro atoms. The van der Waals surface area contributed by atoms with Crippen LogP contribution in [0.2, 0.25) is 0 Å². The molecule has 0 aliphatic rings. The fourth-order valence-electron chi connectivity index (χ4n) is 7.93. The van der Waals surface area contributed by atoms with Crippen LogP contribution < -0.4 is 14.7 Å². The summed E-state index contributed by atoms with van der Waals surface area (Å²) in [5.74, 6) is 0. The first kappa shape index (κ1) is 67.6. The first-order chi connectivity index (χ1) is 28.1. The van der Waals surface area contributed by atoms with E-state index >= 15 is 0 Å². The number of quaternary nitrogens is 3. The first-order valence-corrected chi connectivity index (χ1v) is 27.2. The second kappa shape index (κ2) is 50.1. The van der Waals surface area contributed by atoms with E-state index in [4.69, 9.17) is 24.5 Å². The van der Waals surface area contributed by atoms with Crippen LogP contribution in [0.25, 0.3) is 0 Å². The van der Waals surface area contributed by atoms with Gasteiger partial charge in [0.1, 0.15) is 0 Å². The number of phosphoric acid groups is 1. The van der Waals surface area contributed by atoms with Gasteiger partial charge in [0.2, 0.25) is 0 Å². The Labute approximate surface area is 373 Å². The molecule has 0 saturated heterocycles. The van der Waals surface area contributed by atoms with Crippen molar-refractivity contribution >= 4 is 7.82 Å². The molecule has 0 heterocycles. The number of nitrogens with zero attached hydrogens (tertiary/aromatic N) is 4. The topological polar surface area (TPSA) is 110 Å². The second-order valence-corrected chi connectivity index (χ2v) is 18.5. The number of unbranched alkanes of at least 4 members (excludes halogenated alkanes) is 12. The number of hydrogen-bond acceptors (Lipinski definition) is 5. The minimum Gasteiger partial charge on any atom is -0.822 e. The van der Waals surface area contributed by atoms with Gasteiger partial charge in [0.05, 0.1) is 84.6 Å². The zero-order valence-electron chi connectivity index (χ0n) is 42.8. The van der Waals surface area contributed by atoms with Crippen LogP contribution in [0.3, 0.4) is 0 Å². The van der Waals surface area contributed by atoms with Gasteiger partial charge in [-0.25, -0.2) is 0 Å². The lowest BCUT2D eigenvalue weighted by Crippen LogP contribution is -2.50. The number of rotatable bonds is 36. The van der Waals surface area contributed by atoms with Crippen molar-refractivity contribution in [2.75, 3.05) is 78.5 Å². The Hall–Kier alpha value is -0.520. The normalized spacial score (nSPS) is 11.5. The average molecular weight is 863 g/mol. The van der Waals surface area contributed by atoms with Gasteiger partial charge in [-0.15, -0.1) is 0 Å². The van der Waals surface area contributed by atoms with Crippen LogP contribution in [0.5, 0.6) is 0 Å². The molecule has 0 N–H and O–H groups in total. The summed E-state index contributed by atoms with van der Waals surface area (Å²) >= 11 is 0. The quantitative estimate of drug-likeness (QED) is 0.0460. The molecule has 0 bridgehead atoms. The molecule has 0 aliphatic carbocycles. The third-order valence-corrected chi connectivity index (χ3v) is 11.8. The highest BCUT2D eigenvalue weighted by Crippen LogP contribution is 2.19. The number of hydrogen-bond donors (Lipinski definition) is 0. The van der Waals surface area contributed by atoms with Gasteiger partial charge in [-0.2, -0.15) is 13.1 Å². The predicted octanol–water partition coefficient (Wildman–Crippen LogP) is 12.7. The van der Waals surface area contributed by atoms with Gasteiger partial charge in [0.25, 0.3) is 0 Å². The van der Waals surface area contributed by atoms with Gasteiger partial charge in [-0.1, -0.05) is 160 Å². The Morgan fingerprint density at radius 2 is 0.390 bits per heavy atom. The van der Waals surface area contributed by atoms with Crippen LogP contribution in [0.1, 0.15) is 244 Å². The molecule has 0 unspecified atom stereocenters. The molecule has 360 valence electrons. The van der Waals surface area contributed by atoms with Crippen molar-refractivity contribution in [3.05, 3.63) is 0 Å². The molecule has 0 radical (unpaired) electrons. The minimum absolute atomic E-state index is 1.35. The Morgan fingerprint density at radius 3 is 0.441 bits per heavy atom. The van der Waals surface area contributed by atoms with Crippen molar-refractivity contribution in [3.63, 3.8) is 0 Å². The second-order valence-electron chi connectivity index (χ2n) is 17.6. The smallest absolute Gasteiger partial charge is 0.0786 e. The first-order valence-electron chi connectivity index (χ1n) is 25.7. The molecular weight excluding hydrogens is 752 g/mol. The predicted molar refractivity (Wildman–Crippen MR) is 257 cm³/mol. The number of nitriles is 1. The van der Waals surface area contributed by atoms with E-state index in [1.165, 1.54) is 253 Å². The SMILES string of the molecule is CC#N.CCCC[N+](CCCC)(CCCC)CCCC.CCCC[N+](CCCC)(CCCC)CCCC.CCCC[N+](CCCC)(CCCC)CCCC.O=P([O-])([O-])[O-]. The lowest BCUT2D eigenvalue weighted by atomic mass is 10.1. The molecule has 0 fully saturated rings. The van der Waals surface area contributed by atoms with Crippen molar-refractivity contribution < 1.29 is 32.7 Å². The molecule has 0 aromatic rings. The van der Waals surface area contributed by atoms with E-state index in [9.17, 15) is 0 Å². The Balaban J connectivity index is -0.000000225. The minimum atomic E-state index is -5.39. The molecule has 8 nitrogen and oxygen atoms in total. The molecule has 0 saturated carbocycles. The molecule has 0 aliphatic heterocycles. The van der Waals surface area contributed by atoms with Crippen LogP contribution in [-0.2, 0) is 4.57 Å². The Kier molecular flexibility index (Phi) is 57.4. The van der Waals surface area contributed by atoms with Crippen molar-refractivity contribution in [2.24, 2.45) is 0 Å². The maximum absolute atomic E-state index is 8.55. The third-order valence-electron chi connectivity index (χ3n) is 11.8. The lowest BCUT2D eigenvalue weighted by Gasteiger charge is -2.39. The molecule has 0 amide bonds.